The van der Waals surface area contributed by atoms with Crippen LogP contribution >= 0.6 is 0 Å². The highest BCUT2D eigenvalue weighted by Crippen LogP contribution is 2.43. The van der Waals surface area contributed by atoms with Gasteiger partial charge in [0, 0.05) is 11.0 Å². The van der Waals surface area contributed by atoms with Crippen LogP contribution in [0.1, 0.15) is 32.4 Å². The molecule has 2 nitrogen and oxygen atoms in total. The summed E-state index contributed by atoms with van der Waals surface area (Å²) in [6.45, 7) is 5.53. The lowest BCUT2D eigenvalue weighted by Gasteiger charge is -2.14. The van der Waals surface area contributed by atoms with E-state index in [0.29, 0.717) is 5.56 Å². The molecule has 1 aliphatic heterocycles. The van der Waals surface area contributed by atoms with Crippen LogP contribution in [0.4, 0.5) is 4.39 Å². The molecule has 0 saturated carbocycles. The minimum atomic E-state index is -0.475. The predicted octanol–water partition coefficient (Wildman–Crippen LogP) is 2.88. The van der Waals surface area contributed by atoms with Gasteiger partial charge in [-0.3, -0.25) is 4.79 Å². The third-order valence-electron chi connectivity index (χ3n) is 2.70. The molecule has 1 aromatic carbocycles. The molecule has 0 radical (unpaired) electrons. The number of ketones is 1. The minimum absolute atomic E-state index is 0.0285. The maximum absolute atomic E-state index is 13.4. The van der Waals surface area contributed by atoms with Gasteiger partial charge in [-0.05, 0) is 6.07 Å². The zero-order valence-corrected chi connectivity index (χ0v) is 9.66. The van der Waals surface area contributed by atoms with Crippen molar-refractivity contribution in [2.45, 2.75) is 33.0 Å². The molecule has 1 heterocycles. The van der Waals surface area contributed by atoms with E-state index in [-0.39, 0.29) is 11.6 Å². The first-order valence-corrected chi connectivity index (χ1v) is 5.35. The number of carbonyl (C=O) groups is 1. The summed E-state index contributed by atoms with van der Waals surface area (Å²) in [6, 6.07) is 6.42. The molecule has 0 bridgehead atoms. The molecule has 2 atom stereocenters. The van der Waals surface area contributed by atoms with E-state index in [9.17, 15) is 9.18 Å². The monoisotopic (exact) mass is 222 g/mol. The van der Waals surface area contributed by atoms with Gasteiger partial charge in [0.15, 0.2) is 5.78 Å². The van der Waals surface area contributed by atoms with Crippen LogP contribution < -0.4 is 0 Å². The molecule has 16 heavy (non-hydrogen) atoms. The fourth-order valence-electron chi connectivity index (χ4n) is 1.68. The number of halogens is 1. The van der Waals surface area contributed by atoms with Crippen molar-refractivity contribution in [3.05, 3.63) is 35.6 Å². The number of epoxide rings is 1. The second-order valence-electron chi connectivity index (χ2n) is 5.11. The molecule has 0 aromatic heterocycles. The van der Waals surface area contributed by atoms with Gasteiger partial charge < -0.3 is 4.74 Å². The van der Waals surface area contributed by atoms with Crippen LogP contribution in [0.25, 0.3) is 0 Å². The Morgan fingerprint density at radius 3 is 2.50 bits per heavy atom. The average Bonchev–Trinajstić information content (AvgIpc) is 2.95. The highest BCUT2D eigenvalue weighted by Gasteiger charge is 2.50. The normalized spacial score (nSPS) is 24.2. The Hall–Kier alpha value is -1.22. The number of hydrogen-bond acceptors (Lipinski definition) is 2. The van der Waals surface area contributed by atoms with Gasteiger partial charge in [-0.15, -0.1) is 0 Å². The summed E-state index contributed by atoms with van der Waals surface area (Å²) >= 11 is 0. The Balaban J connectivity index is 2.13. The Labute approximate surface area is 94.4 Å². The minimum Gasteiger partial charge on any atom is -0.356 e. The fraction of sp³-hybridized carbons (Fsp3) is 0.462. The van der Waals surface area contributed by atoms with Gasteiger partial charge in [0.25, 0.3) is 0 Å². The van der Waals surface area contributed by atoms with Gasteiger partial charge in [-0.2, -0.15) is 0 Å². The summed E-state index contributed by atoms with van der Waals surface area (Å²) in [5.74, 6) is -0.280. The molecule has 86 valence electrons. The topological polar surface area (TPSA) is 29.6 Å². The highest BCUT2D eigenvalue weighted by atomic mass is 19.1. The van der Waals surface area contributed by atoms with Crippen LogP contribution in [-0.2, 0) is 9.53 Å². The van der Waals surface area contributed by atoms with E-state index < -0.39 is 17.6 Å². The molecule has 3 heteroatoms. The number of rotatable bonds is 2. The lowest BCUT2D eigenvalue weighted by molar-refractivity contribution is -0.127. The van der Waals surface area contributed by atoms with Crippen LogP contribution in [0.5, 0.6) is 0 Å². The van der Waals surface area contributed by atoms with Crippen LogP contribution in [0.15, 0.2) is 24.3 Å². The molecular formula is C13H15FO2. The first-order valence-electron chi connectivity index (χ1n) is 5.35. The molecule has 2 rings (SSSR count). The van der Waals surface area contributed by atoms with E-state index in [1.807, 2.05) is 20.8 Å². The van der Waals surface area contributed by atoms with Crippen LogP contribution in [0.3, 0.4) is 0 Å². The van der Waals surface area contributed by atoms with Crippen molar-refractivity contribution < 1.29 is 13.9 Å². The second kappa shape index (κ2) is 3.67. The van der Waals surface area contributed by atoms with Crippen molar-refractivity contribution in [2.75, 3.05) is 0 Å². The van der Waals surface area contributed by atoms with Gasteiger partial charge in [0.2, 0.25) is 0 Å². The van der Waals surface area contributed by atoms with Crippen molar-refractivity contribution >= 4 is 5.78 Å². The lowest BCUT2D eigenvalue weighted by Crippen LogP contribution is -2.25. The van der Waals surface area contributed by atoms with E-state index in [2.05, 4.69) is 0 Å². The van der Waals surface area contributed by atoms with Crippen LogP contribution in [0, 0.1) is 11.2 Å². The summed E-state index contributed by atoms with van der Waals surface area (Å²) in [5, 5.41) is 0. The van der Waals surface area contributed by atoms with E-state index in [1.165, 1.54) is 6.07 Å². The smallest absolute Gasteiger partial charge is 0.169 e. The molecule has 1 saturated heterocycles. The summed E-state index contributed by atoms with van der Waals surface area (Å²) in [4.78, 5) is 11.9. The third kappa shape index (κ3) is 2.00. The Kier molecular flexibility index (Phi) is 2.58. The molecule has 0 aliphatic carbocycles. The zero-order chi connectivity index (χ0) is 11.9. The van der Waals surface area contributed by atoms with Gasteiger partial charge in [0.05, 0.1) is 0 Å². The van der Waals surface area contributed by atoms with Gasteiger partial charge in [-0.25, -0.2) is 4.39 Å². The average molecular weight is 222 g/mol. The summed E-state index contributed by atoms with van der Waals surface area (Å²) < 4.78 is 18.7. The summed E-state index contributed by atoms with van der Waals surface area (Å²) in [7, 11) is 0. The molecule has 1 aliphatic rings. The van der Waals surface area contributed by atoms with Crippen molar-refractivity contribution in [1.29, 1.82) is 0 Å². The molecular weight excluding hydrogens is 207 g/mol. The first kappa shape index (κ1) is 11.3. The maximum atomic E-state index is 13.4. The third-order valence-corrected chi connectivity index (χ3v) is 2.70. The SMILES string of the molecule is CC(C)(C)C(=O)[C@H]1O[C@H]1c1ccccc1F. The van der Waals surface area contributed by atoms with Crippen molar-refractivity contribution in [3.63, 3.8) is 0 Å². The Bertz CT molecular complexity index is 420. The van der Waals surface area contributed by atoms with Crippen molar-refractivity contribution in [2.24, 2.45) is 5.41 Å². The first-order chi connectivity index (χ1) is 7.41. The quantitative estimate of drug-likeness (QED) is 0.720. The molecule has 0 spiro atoms. The number of hydrogen-bond donors (Lipinski definition) is 0. The molecule has 0 N–H and O–H groups in total. The lowest BCUT2D eigenvalue weighted by atomic mass is 9.87. The standard InChI is InChI=1S/C13H15FO2/c1-13(2,3)12(15)11-10(16-11)8-6-4-5-7-9(8)14/h4-7,10-11H,1-3H3/t10-,11-/m0/s1. The molecule has 1 fully saturated rings. The highest BCUT2D eigenvalue weighted by molar-refractivity contribution is 5.90. The van der Waals surface area contributed by atoms with E-state index in [0.717, 1.165) is 0 Å². The summed E-state index contributed by atoms with van der Waals surface area (Å²) in [6.07, 6.45) is -0.871. The van der Waals surface area contributed by atoms with Crippen molar-refractivity contribution in [3.8, 4) is 0 Å². The fourth-order valence-corrected chi connectivity index (χ4v) is 1.68. The van der Waals surface area contributed by atoms with Gasteiger partial charge in [0.1, 0.15) is 18.0 Å². The van der Waals surface area contributed by atoms with Gasteiger partial charge in [-0.1, -0.05) is 39.0 Å². The largest absolute Gasteiger partial charge is 0.356 e. The number of benzene rings is 1. The second-order valence-corrected chi connectivity index (χ2v) is 5.11. The number of carbonyl (C=O) groups excluding carboxylic acids is 1. The number of ether oxygens (including phenoxy) is 1. The number of Topliss-reactive ketones (excluding diaryl/α,β-unsaturated/α-hetero) is 1. The van der Waals surface area contributed by atoms with E-state index >= 15 is 0 Å². The maximum Gasteiger partial charge on any atom is 0.169 e. The summed E-state index contributed by atoms with van der Waals surface area (Å²) in [5.41, 5.74) is 0.0371. The molecule has 1 aromatic rings. The molecule has 0 unspecified atom stereocenters. The van der Waals surface area contributed by atoms with E-state index in [4.69, 9.17) is 4.74 Å². The predicted molar refractivity (Wildman–Crippen MR) is 58.5 cm³/mol. The van der Waals surface area contributed by atoms with Crippen LogP contribution in [0.2, 0.25) is 0 Å². The van der Waals surface area contributed by atoms with Crippen molar-refractivity contribution in [1.82, 2.24) is 0 Å². The van der Waals surface area contributed by atoms with Gasteiger partial charge >= 0.3 is 0 Å². The Morgan fingerprint density at radius 2 is 1.94 bits per heavy atom. The Morgan fingerprint density at radius 1 is 1.31 bits per heavy atom. The zero-order valence-electron chi connectivity index (χ0n) is 9.66. The van der Waals surface area contributed by atoms with Crippen LogP contribution in [-0.4, -0.2) is 11.9 Å². The van der Waals surface area contributed by atoms with E-state index in [1.54, 1.807) is 18.2 Å². The molecule has 0 amide bonds.